The van der Waals surface area contributed by atoms with E-state index < -0.39 is 10.0 Å². The van der Waals surface area contributed by atoms with E-state index in [1.807, 2.05) is 19.9 Å². The number of rotatable bonds is 6. The van der Waals surface area contributed by atoms with Crippen LogP contribution < -0.4 is 10.0 Å². The molecule has 0 fully saturated rings. The van der Waals surface area contributed by atoms with E-state index in [9.17, 15) is 8.42 Å². The molecule has 0 amide bonds. The van der Waals surface area contributed by atoms with E-state index in [4.69, 9.17) is 0 Å². The van der Waals surface area contributed by atoms with Gasteiger partial charge in [-0.3, -0.25) is 9.82 Å². The molecule has 1 heterocycles. The van der Waals surface area contributed by atoms with E-state index in [1.54, 1.807) is 18.2 Å². The highest BCUT2D eigenvalue weighted by Gasteiger charge is 2.20. The lowest BCUT2D eigenvalue weighted by atomic mass is 10.2. The van der Waals surface area contributed by atoms with E-state index in [2.05, 4.69) is 20.2 Å². The first kappa shape index (κ1) is 14.5. The maximum atomic E-state index is 12.3. The van der Waals surface area contributed by atoms with Crippen LogP contribution in [0.2, 0.25) is 0 Å². The first-order valence-electron chi connectivity index (χ1n) is 6.35. The Morgan fingerprint density at radius 1 is 1.35 bits per heavy atom. The average molecular weight is 294 g/mol. The lowest BCUT2D eigenvalue weighted by Crippen LogP contribution is -2.18. The van der Waals surface area contributed by atoms with Crippen molar-refractivity contribution < 1.29 is 8.42 Å². The molecule has 3 N–H and O–H groups in total. The smallest absolute Gasteiger partial charge is 0.279 e. The number of H-pyrrole nitrogens is 1. The van der Waals surface area contributed by atoms with Crippen LogP contribution in [0.25, 0.3) is 0 Å². The van der Waals surface area contributed by atoms with Gasteiger partial charge < -0.3 is 5.32 Å². The van der Waals surface area contributed by atoms with Gasteiger partial charge in [-0.15, -0.1) is 0 Å². The van der Waals surface area contributed by atoms with Crippen LogP contribution in [0.15, 0.2) is 35.5 Å². The van der Waals surface area contributed by atoms with E-state index >= 15 is 0 Å². The molecule has 108 valence electrons. The number of nitrogens with one attached hydrogen (secondary N) is 3. The van der Waals surface area contributed by atoms with Gasteiger partial charge in [0.15, 0.2) is 5.03 Å². The van der Waals surface area contributed by atoms with Crippen molar-refractivity contribution in [3.8, 4) is 0 Å². The number of hydrogen-bond acceptors (Lipinski definition) is 4. The summed E-state index contributed by atoms with van der Waals surface area (Å²) >= 11 is 0. The molecule has 0 bridgehead atoms. The predicted octanol–water partition coefficient (Wildman–Crippen LogP) is 1.63. The van der Waals surface area contributed by atoms with E-state index in [1.165, 1.54) is 6.20 Å². The first-order chi connectivity index (χ1) is 9.53. The molecule has 1 aromatic heterocycles. The topological polar surface area (TPSA) is 86.9 Å². The Morgan fingerprint density at radius 3 is 2.85 bits per heavy atom. The Kier molecular flexibility index (Phi) is 4.41. The molecule has 0 saturated heterocycles. The second-order valence-electron chi connectivity index (χ2n) is 4.48. The zero-order chi connectivity index (χ0) is 14.6. The second kappa shape index (κ2) is 6.06. The monoisotopic (exact) mass is 294 g/mol. The van der Waals surface area contributed by atoms with Crippen LogP contribution in [0.1, 0.15) is 18.1 Å². The van der Waals surface area contributed by atoms with Crippen LogP contribution >= 0.6 is 0 Å². The fourth-order valence-electron chi connectivity index (χ4n) is 1.83. The second-order valence-corrected chi connectivity index (χ2v) is 6.10. The summed E-state index contributed by atoms with van der Waals surface area (Å²) in [5, 5.41) is 9.55. The maximum absolute atomic E-state index is 12.3. The number of benzene rings is 1. The van der Waals surface area contributed by atoms with Crippen LogP contribution in [0.5, 0.6) is 0 Å². The minimum Gasteiger partial charge on any atom is -0.313 e. The number of hydrogen-bond donors (Lipinski definition) is 3. The fraction of sp³-hybridized carbons (Fsp3) is 0.308. The van der Waals surface area contributed by atoms with Crippen molar-refractivity contribution in [1.29, 1.82) is 0 Å². The van der Waals surface area contributed by atoms with Gasteiger partial charge in [-0.1, -0.05) is 19.1 Å². The molecular weight excluding hydrogens is 276 g/mol. The molecule has 0 aliphatic rings. The van der Waals surface area contributed by atoms with Crippen molar-refractivity contribution in [1.82, 2.24) is 15.5 Å². The molecule has 0 spiro atoms. The van der Waals surface area contributed by atoms with Crippen molar-refractivity contribution in [3.63, 3.8) is 0 Å². The number of sulfonamides is 1. The largest absolute Gasteiger partial charge is 0.313 e. The lowest BCUT2D eigenvalue weighted by Gasteiger charge is -2.09. The zero-order valence-corrected chi connectivity index (χ0v) is 12.3. The summed E-state index contributed by atoms with van der Waals surface area (Å²) in [7, 11) is -3.66. The number of anilines is 1. The highest BCUT2D eigenvalue weighted by atomic mass is 32.2. The molecule has 2 rings (SSSR count). The molecule has 0 radical (unpaired) electrons. The van der Waals surface area contributed by atoms with Crippen LogP contribution in [0.3, 0.4) is 0 Å². The summed E-state index contributed by atoms with van der Waals surface area (Å²) < 4.78 is 27.2. The van der Waals surface area contributed by atoms with Crippen LogP contribution in [-0.2, 0) is 16.6 Å². The van der Waals surface area contributed by atoms with Crippen molar-refractivity contribution in [2.45, 2.75) is 25.4 Å². The molecule has 0 atom stereocenters. The third kappa shape index (κ3) is 3.37. The van der Waals surface area contributed by atoms with E-state index in [-0.39, 0.29) is 5.03 Å². The summed E-state index contributed by atoms with van der Waals surface area (Å²) in [5.41, 5.74) is 2.14. The first-order valence-corrected chi connectivity index (χ1v) is 7.83. The van der Waals surface area contributed by atoms with E-state index in [0.29, 0.717) is 17.8 Å². The minimum absolute atomic E-state index is 0.0972. The van der Waals surface area contributed by atoms with Gasteiger partial charge in [-0.25, -0.2) is 0 Å². The number of nitrogens with zero attached hydrogens (tertiary/aromatic N) is 1. The quantitative estimate of drug-likeness (QED) is 0.755. The predicted molar refractivity (Wildman–Crippen MR) is 78.0 cm³/mol. The Hall–Kier alpha value is -1.86. The number of aromatic nitrogens is 2. The van der Waals surface area contributed by atoms with Gasteiger partial charge in [0.25, 0.3) is 10.0 Å². The molecule has 7 heteroatoms. The van der Waals surface area contributed by atoms with Gasteiger partial charge in [0.2, 0.25) is 0 Å². The molecule has 6 nitrogen and oxygen atoms in total. The molecule has 1 aromatic carbocycles. The molecule has 0 unspecified atom stereocenters. The lowest BCUT2D eigenvalue weighted by molar-refractivity contribution is 0.594. The average Bonchev–Trinajstić information content (AvgIpc) is 2.85. The van der Waals surface area contributed by atoms with Crippen LogP contribution in [-0.4, -0.2) is 25.2 Å². The highest BCUT2D eigenvalue weighted by molar-refractivity contribution is 7.92. The van der Waals surface area contributed by atoms with Gasteiger partial charge in [0.05, 0.1) is 6.20 Å². The van der Waals surface area contributed by atoms with Crippen molar-refractivity contribution in [3.05, 3.63) is 41.6 Å². The standard InChI is InChI=1S/C13H18N4O2S/c1-3-14-8-11-9-15-16-13(11)20(18,19)17-12-6-4-5-10(2)7-12/h4-7,9,14,17H,3,8H2,1-2H3,(H,15,16). The third-order valence-electron chi connectivity index (χ3n) is 2.78. The Labute approximate surface area is 118 Å². The van der Waals surface area contributed by atoms with Gasteiger partial charge in [-0.05, 0) is 31.2 Å². The number of aryl methyl sites for hydroxylation is 1. The molecule has 0 aliphatic heterocycles. The summed E-state index contributed by atoms with van der Waals surface area (Å²) in [6.45, 7) is 5.08. The Balaban J connectivity index is 2.24. The van der Waals surface area contributed by atoms with Crippen molar-refractivity contribution >= 4 is 15.7 Å². The van der Waals surface area contributed by atoms with E-state index in [0.717, 1.165) is 12.1 Å². The SMILES string of the molecule is CCNCc1cn[nH]c1S(=O)(=O)Nc1cccc(C)c1. The van der Waals surface area contributed by atoms with Gasteiger partial charge >= 0.3 is 0 Å². The summed E-state index contributed by atoms with van der Waals surface area (Å²) in [4.78, 5) is 0. The molecule has 0 saturated carbocycles. The summed E-state index contributed by atoms with van der Waals surface area (Å²) in [6.07, 6.45) is 1.52. The van der Waals surface area contributed by atoms with Gasteiger partial charge in [-0.2, -0.15) is 13.5 Å². The minimum atomic E-state index is -3.66. The van der Waals surface area contributed by atoms with Crippen LogP contribution in [0, 0.1) is 6.92 Å². The summed E-state index contributed by atoms with van der Waals surface area (Å²) in [5.74, 6) is 0. The van der Waals surface area contributed by atoms with Gasteiger partial charge in [0, 0.05) is 17.8 Å². The molecule has 0 aliphatic carbocycles. The maximum Gasteiger partial charge on any atom is 0.279 e. The van der Waals surface area contributed by atoms with Crippen LogP contribution in [0.4, 0.5) is 5.69 Å². The highest BCUT2D eigenvalue weighted by Crippen LogP contribution is 2.18. The molecular formula is C13H18N4O2S. The Bertz CT molecular complexity index is 679. The number of aromatic amines is 1. The Morgan fingerprint density at radius 2 is 2.15 bits per heavy atom. The van der Waals surface area contributed by atoms with Crippen molar-refractivity contribution in [2.24, 2.45) is 0 Å². The van der Waals surface area contributed by atoms with Crippen molar-refractivity contribution in [2.75, 3.05) is 11.3 Å². The molecule has 20 heavy (non-hydrogen) atoms. The zero-order valence-electron chi connectivity index (χ0n) is 11.5. The normalized spacial score (nSPS) is 11.5. The third-order valence-corrected chi connectivity index (χ3v) is 4.18. The fourth-order valence-corrected chi connectivity index (χ4v) is 3.01. The molecule has 2 aromatic rings. The van der Waals surface area contributed by atoms with Gasteiger partial charge in [0.1, 0.15) is 0 Å². The summed E-state index contributed by atoms with van der Waals surface area (Å²) in [6, 6.07) is 7.20.